The van der Waals surface area contributed by atoms with E-state index >= 15 is 0 Å². The lowest BCUT2D eigenvalue weighted by molar-refractivity contribution is 0.0937. The fourth-order valence-electron chi connectivity index (χ4n) is 3.05. The second kappa shape index (κ2) is 7.47. The average Bonchev–Trinajstić information content (AvgIpc) is 3.11. The molecule has 25 heavy (non-hydrogen) atoms. The zero-order valence-electron chi connectivity index (χ0n) is 14.6. The molecule has 5 nitrogen and oxygen atoms in total. The van der Waals surface area contributed by atoms with E-state index in [1.165, 1.54) is 18.0 Å². The quantitative estimate of drug-likeness (QED) is 0.895. The third kappa shape index (κ3) is 4.24. The van der Waals surface area contributed by atoms with Crippen LogP contribution >= 0.6 is 0 Å². The summed E-state index contributed by atoms with van der Waals surface area (Å²) < 4.78 is 0. The van der Waals surface area contributed by atoms with E-state index in [0.29, 0.717) is 11.1 Å². The number of aromatic nitrogens is 1. The third-order valence-electron chi connectivity index (χ3n) is 4.72. The number of hydrogen-bond acceptors (Lipinski definition) is 3. The number of hydrogen-bond donors (Lipinski definition) is 2. The molecule has 2 amide bonds. The standard InChI is InChI=1S/C20H23N3O2/c1-13-7-8-18(9-14(13)2)23-20(25)16-10-15(11-21-12-16)19(24)22-17-5-3-4-6-17/h7-12,17H,3-6H2,1-2H3,(H,22,24)(H,23,25). The molecule has 5 heteroatoms. The van der Waals surface area contributed by atoms with Gasteiger partial charge in [-0.15, -0.1) is 0 Å². The lowest BCUT2D eigenvalue weighted by Crippen LogP contribution is -2.32. The van der Waals surface area contributed by atoms with Crippen molar-refractivity contribution in [3.63, 3.8) is 0 Å². The number of anilines is 1. The van der Waals surface area contributed by atoms with E-state index in [1.807, 2.05) is 32.0 Å². The first-order chi connectivity index (χ1) is 12.0. The van der Waals surface area contributed by atoms with Gasteiger partial charge in [-0.2, -0.15) is 0 Å². The molecule has 0 spiro atoms. The molecule has 1 aromatic heterocycles. The Bertz CT molecular complexity index is 795. The zero-order chi connectivity index (χ0) is 17.8. The van der Waals surface area contributed by atoms with E-state index in [2.05, 4.69) is 15.6 Å². The van der Waals surface area contributed by atoms with E-state index in [1.54, 1.807) is 6.07 Å². The molecule has 1 heterocycles. The summed E-state index contributed by atoms with van der Waals surface area (Å²) in [6.07, 6.45) is 7.32. The van der Waals surface area contributed by atoms with Gasteiger partial charge in [0.05, 0.1) is 11.1 Å². The second-order valence-electron chi connectivity index (χ2n) is 6.67. The van der Waals surface area contributed by atoms with Crippen molar-refractivity contribution in [2.75, 3.05) is 5.32 Å². The molecule has 0 aliphatic heterocycles. The van der Waals surface area contributed by atoms with Crippen molar-refractivity contribution in [3.05, 3.63) is 58.9 Å². The summed E-state index contributed by atoms with van der Waals surface area (Å²) in [6.45, 7) is 4.03. The SMILES string of the molecule is Cc1ccc(NC(=O)c2cncc(C(=O)NC3CCCC3)c2)cc1C. The summed E-state index contributed by atoms with van der Waals surface area (Å²) in [5.74, 6) is -0.438. The summed E-state index contributed by atoms with van der Waals surface area (Å²) in [7, 11) is 0. The first-order valence-corrected chi connectivity index (χ1v) is 8.67. The molecule has 0 saturated heterocycles. The maximum Gasteiger partial charge on any atom is 0.257 e. The van der Waals surface area contributed by atoms with Crippen molar-refractivity contribution in [1.29, 1.82) is 0 Å². The van der Waals surface area contributed by atoms with Crippen LogP contribution in [0, 0.1) is 13.8 Å². The first kappa shape index (κ1) is 17.1. The highest BCUT2D eigenvalue weighted by atomic mass is 16.2. The van der Waals surface area contributed by atoms with Gasteiger partial charge in [0.2, 0.25) is 0 Å². The van der Waals surface area contributed by atoms with Crippen molar-refractivity contribution >= 4 is 17.5 Å². The molecule has 1 saturated carbocycles. The van der Waals surface area contributed by atoms with Crippen LogP contribution in [0.2, 0.25) is 0 Å². The highest BCUT2D eigenvalue weighted by Crippen LogP contribution is 2.18. The molecular formula is C20H23N3O2. The molecule has 2 aromatic rings. The van der Waals surface area contributed by atoms with Crippen LogP contribution in [-0.4, -0.2) is 22.8 Å². The molecule has 1 aromatic carbocycles. The molecule has 2 N–H and O–H groups in total. The Morgan fingerprint density at radius 3 is 2.32 bits per heavy atom. The summed E-state index contributed by atoms with van der Waals surface area (Å²) >= 11 is 0. The van der Waals surface area contributed by atoms with Gasteiger partial charge in [-0.05, 0) is 56.0 Å². The highest BCUT2D eigenvalue weighted by molar-refractivity contribution is 6.05. The second-order valence-corrected chi connectivity index (χ2v) is 6.67. The molecule has 0 bridgehead atoms. The molecule has 0 radical (unpaired) electrons. The fourth-order valence-corrected chi connectivity index (χ4v) is 3.05. The third-order valence-corrected chi connectivity index (χ3v) is 4.72. The molecule has 1 aliphatic rings. The van der Waals surface area contributed by atoms with Crippen LogP contribution in [0.3, 0.4) is 0 Å². The van der Waals surface area contributed by atoms with Crippen LogP contribution in [0.5, 0.6) is 0 Å². The predicted molar refractivity (Wildman–Crippen MR) is 97.8 cm³/mol. The smallest absolute Gasteiger partial charge is 0.257 e. The van der Waals surface area contributed by atoms with Crippen molar-refractivity contribution in [3.8, 4) is 0 Å². The number of nitrogens with zero attached hydrogens (tertiary/aromatic N) is 1. The molecule has 0 unspecified atom stereocenters. The van der Waals surface area contributed by atoms with Crippen LogP contribution in [0.1, 0.15) is 57.5 Å². The topological polar surface area (TPSA) is 71.1 Å². The highest BCUT2D eigenvalue weighted by Gasteiger charge is 2.19. The van der Waals surface area contributed by atoms with Gasteiger partial charge in [0, 0.05) is 24.1 Å². The van der Waals surface area contributed by atoms with Crippen molar-refractivity contribution in [2.24, 2.45) is 0 Å². The number of aryl methyl sites for hydroxylation is 2. The maximum absolute atomic E-state index is 12.4. The van der Waals surface area contributed by atoms with Gasteiger partial charge in [0.25, 0.3) is 11.8 Å². The van der Waals surface area contributed by atoms with Crippen LogP contribution in [-0.2, 0) is 0 Å². The lowest BCUT2D eigenvalue weighted by atomic mass is 10.1. The molecule has 1 aliphatic carbocycles. The number of benzene rings is 1. The Balaban J connectivity index is 1.70. The van der Waals surface area contributed by atoms with Crippen LogP contribution < -0.4 is 10.6 Å². The Kier molecular flexibility index (Phi) is 5.12. The monoisotopic (exact) mass is 337 g/mol. The number of amides is 2. The minimum absolute atomic E-state index is 0.166. The Morgan fingerprint density at radius 1 is 0.960 bits per heavy atom. The largest absolute Gasteiger partial charge is 0.349 e. The van der Waals surface area contributed by atoms with Gasteiger partial charge in [-0.3, -0.25) is 14.6 Å². The molecule has 3 rings (SSSR count). The van der Waals surface area contributed by atoms with Crippen molar-refractivity contribution in [1.82, 2.24) is 10.3 Å². The van der Waals surface area contributed by atoms with Gasteiger partial charge >= 0.3 is 0 Å². The van der Waals surface area contributed by atoms with Crippen molar-refractivity contribution < 1.29 is 9.59 Å². The molecule has 130 valence electrons. The number of rotatable bonds is 4. The van der Waals surface area contributed by atoms with Gasteiger partial charge in [0.15, 0.2) is 0 Å². The van der Waals surface area contributed by atoms with Crippen LogP contribution in [0.15, 0.2) is 36.7 Å². The lowest BCUT2D eigenvalue weighted by Gasteiger charge is -2.12. The molecule has 0 atom stereocenters. The Hall–Kier alpha value is -2.69. The van der Waals surface area contributed by atoms with Crippen LogP contribution in [0.4, 0.5) is 5.69 Å². The summed E-state index contributed by atoms with van der Waals surface area (Å²) in [4.78, 5) is 28.8. The van der Waals surface area contributed by atoms with Gasteiger partial charge in [0.1, 0.15) is 0 Å². The predicted octanol–water partition coefficient (Wildman–Crippen LogP) is 3.62. The summed E-state index contributed by atoms with van der Waals surface area (Å²) in [5, 5.41) is 5.87. The minimum atomic E-state index is -0.272. The molecule has 1 fully saturated rings. The molecular weight excluding hydrogens is 314 g/mol. The van der Waals surface area contributed by atoms with E-state index in [4.69, 9.17) is 0 Å². The van der Waals surface area contributed by atoms with E-state index in [-0.39, 0.29) is 17.9 Å². The fraction of sp³-hybridized carbons (Fsp3) is 0.350. The summed E-state index contributed by atoms with van der Waals surface area (Å²) in [5.41, 5.74) is 3.80. The minimum Gasteiger partial charge on any atom is -0.349 e. The number of pyridine rings is 1. The average molecular weight is 337 g/mol. The van der Waals surface area contributed by atoms with E-state index in [0.717, 1.165) is 36.9 Å². The number of nitrogens with one attached hydrogen (secondary N) is 2. The first-order valence-electron chi connectivity index (χ1n) is 8.67. The van der Waals surface area contributed by atoms with Crippen molar-refractivity contribution in [2.45, 2.75) is 45.6 Å². The Labute approximate surface area is 147 Å². The van der Waals surface area contributed by atoms with Gasteiger partial charge in [-0.1, -0.05) is 18.9 Å². The van der Waals surface area contributed by atoms with E-state index in [9.17, 15) is 9.59 Å². The zero-order valence-corrected chi connectivity index (χ0v) is 14.6. The van der Waals surface area contributed by atoms with E-state index < -0.39 is 0 Å². The van der Waals surface area contributed by atoms with Gasteiger partial charge < -0.3 is 10.6 Å². The maximum atomic E-state index is 12.4. The number of carbonyl (C=O) groups is 2. The normalized spacial score (nSPS) is 14.3. The Morgan fingerprint density at radius 2 is 1.64 bits per heavy atom. The van der Waals surface area contributed by atoms with Crippen LogP contribution in [0.25, 0.3) is 0 Å². The number of carbonyl (C=O) groups excluding carboxylic acids is 2. The van der Waals surface area contributed by atoms with Gasteiger partial charge in [-0.25, -0.2) is 0 Å². The summed E-state index contributed by atoms with van der Waals surface area (Å²) in [6, 6.07) is 7.59.